The molecule has 5 heteroatoms. The van der Waals surface area contributed by atoms with E-state index in [1.54, 1.807) is 12.1 Å². The highest BCUT2D eigenvalue weighted by atomic mass is 79.9. The average molecular weight is 341 g/mol. The van der Waals surface area contributed by atoms with Gasteiger partial charge in [-0.1, -0.05) is 40.2 Å². The molecule has 0 amide bonds. The van der Waals surface area contributed by atoms with Crippen LogP contribution in [0.1, 0.15) is 28.3 Å². The number of nitrogens with two attached hydrogens (primary N) is 1. The van der Waals surface area contributed by atoms with Crippen molar-refractivity contribution in [1.82, 2.24) is 5.43 Å². The maximum Gasteiger partial charge on any atom is 0.164 e. The largest absolute Gasteiger partial charge is 0.271 e. The van der Waals surface area contributed by atoms with E-state index in [1.807, 2.05) is 25.1 Å². The summed E-state index contributed by atoms with van der Waals surface area (Å²) < 4.78 is 28.6. The fourth-order valence-corrected chi connectivity index (χ4v) is 2.82. The summed E-state index contributed by atoms with van der Waals surface area (Å²) in [6.45, 7) is 3.47. The van der Waals surface area contributed by atoms with E-state index in [-0.39, 0.29) is 11.1 Å². The molecule has 0 heterocycles. The molecule has 2 aromatic rings. The summed E-state index contributed by atoms with van der Waals surface area (Å²) in [7, 11) is 0. The predicted molar refractivity (Wildman–Crippen MR) is 79.1 cm³/mol. The molecular formula is C15H15BrF2N2. The summed E-state index contributed by atoms with van der Waals surface area (Å²) in [5.41, 5.74) is 4.81. The minimum Gasteiger partial charge on any atom is -0.271 e. The molecule has 0 radical (unpaired) electrons. The molecule has 0 aliphatic rings. The van der Waals surface area contributed by atoms with Crippen molar-refractivity contribution in [2.45, 2.75) is 19.9 Å². The van der Waals surface area contributed by atoms with Crippen LogP contribution in [-0.4, -0.2) is 0 Å². The first-order valence-corrected chi connectivity index (χ1v) is 6.91. The van der Waals surface area contributed by atoms with Crippen LogP contribution in [0.15, 0.2) is 34.8 Å². The number of nitrogens with one attached hydrogen (secondary N) is 1. The molecule has 106 valence electrons. The molecule has 2 aromatic carbocycles. The second kappa shape index (κ2) is 5.99. The van der Waals surface area contributed by atoms with Gasteiger partial charge in [-0.2, -0.15) is 0 Å². The van der Waals surface area contributed by atoms with Gasteiger partial charge >= 0.3 is 0 Å². The van der Waals surface area contributed by atoms with E-state index < -0.39 is 17.7 Å². The Kier molecular flexibility index (Phi) is 4.52. The van der Waals surface area contributed by atoms with Gasteiger partial charge in [-0.15, -0.1) is 0 Å². The number of rotatable bonds is 3. The lowest BCUT2D eigenvalue weighted by molar-refractivity contribution is 0.478. The highest BCUT2D eigenvalue weighted by molar-refractivity contribution is 9.10. The first kappa shape index (κ1) is 15.1. The average Bonchev–Trinajstić information content (AvgIpc) is 2.41. The van der Waals surface area contributed by atoms with Crippen molar-refractivity contribution in [3.05, 3.63) is 68.7 Å². The SMILES string of the molecule is Cc1ccc(C(NN)c2ccc(C)c(F)c2F)c(Br)c1. The fourth-order valence-electron chi connectivity index (χ4n) is 2.10. The standard InChI is InChI=1S/C15H15BrF2N2/c1-8-3-5-10(12(16)7-8)15(20-19)11-6-4-9(2)13(17)14(11)18/h3-7,15,20H,19H2,1-2H3. The lowest BCUT2D eigenvalue weighted by Crippen LogP contribution is -2.30. The molecule has 0 fully saturated rings. The predicted octanol–water partition coefficient (Wildman–Crippen LogP) is 3.90. The van der Waals surface area contributed by atoms with Crippen LogP contribution in [0.25, 0.3) is 0 Å². The molecule has 0 saturated heterocycles. The molecule has 0 aliphatic carbocycles. The van der Waals surface area contributed by atoms with Gasteiger partial charge in [-0.3, -0.25) is 5.84 Å². The Morgan fingerprint density at radius 3 is 2.30 bits per heavy atom. The molecule has 20 heavy (non-hydrogen) atoms. The number of halogens is 3. The van der Waals surface area contributed by atoms with Crippen LogP contribution in [0.3, 0.4) is 0 Å². The summed E-state index contributed by atoms with van der Waals surface area (Å²) in [6.07, 6.45) is 0. The summed E-state index contributed by atoms with van der Waals surface area (Å²) in [4.78, 5) is 0. The summed E-state index contributed by atoms with van der Waals surface area (Å²) in [6, 6.07) is 8.10. The van der Waals surface area contributed by atoms with Gasteiger partial charge in [0.05, 0.1) is 6.04 Å². The van der Waals surface area contributed by atoms with Gasteiger partial charge in [-0.25, -0.2) is 14.2 Å². The molecule has 0 aromatic heterocycles. The molecule has 0 spiro atoms. The zero-order valence-corrected chi connectivity index (χ0v) is 12.8. The molecule has 2 rings (SSSR count). The lowest BCUT2D eigenvalue weighted by Gasteiger charge is -2.20. The zero-order valence-electron chi connectivity index (χ0n) is 11.2. The highest BCUT2D eigenvalue weighted by Crippen LogP contribution is 2.31. The summed E-state index contributed by atoms with van der Waals surface area (Å²) in [5, 5.41) is 0. The van der Waals surface area contributed by atoms with Crippen molar-refractivity contribution < 1.29 is 8.78 Å². The van der Waals surface area contributed by atoms with Crippen LogP contribution in [0, 0.1) is 25.5 Å². The monoisotopic (exact) mass is 340 g/mol. The number of aryl methyl sites for hydroxylation is 2. The molecule has 2 nitrogen and oxygen atoms in total. The van der Waals surface area contributed by atoms with Gasteiger partial charge in [0.2, 0.25) is 0 Å². The van der Waals surface area contributed by atoms with Gasteiger partial charge in [-0.05, 0) is 36.6 Å². The molecule has 0 aliphatic heterocycles. The van der Waals surface area contributed by atoms with E-state index in [4.69, 9.17) is 5.84 Å². The minimum atomic E-state index is -0.875. The second-order valence-corrected chi connectivity index (χ2v) is 5.58. The van der Waals surface area contributed by atoms with Gasteiger partial charge in [0.25, 0.3) is 0 Å². The van der Waals surface area contributed by atoms with Gasteiger partial charge in [0.1, 0.15) is 0 Å². The van der Waals surface area contributed by atoms with E-state index in [9.17, 15) is 8.78 Å². The molecule has 0 bridgehead atoms. The van der Waals surface area contributed by atoms with Crippen molar-refractivity contribution in [3.8, 4) is 0 Å². The smallest absolute Gasteiger partial charge is 0.164 e. The third kappa shape index (κ3) is 2.75. The summed E-state index contributed by atoms with van der Waals surface area (Å²) >= 11 is 3.43. The van der Waals surface area contributed by atoms with Gasteiger partial charge < -0.3 is 0 Å². The first-order chi connectivity index (χ1) is 9.45. The minimum absolute atomic E-state index is 0.181. The molecule has 0 saturated carbocycles. The topological polar surface area (TPSA) is 38.0 Å². The third-order valence-electron chi connectivity index (χ3n) is 3.25. The van der Waals surface area contributed by atoms with Crippen LogP contribution in [-0.2, 0) is 0 Å². The third-order valence-corrected chi connectivity index (χ3v) is 3.94. The molecular weight excluding hydrogens is 326 g/mol. The van der Waals surface area contributed by atoms with E-state index in [0.717, 1.165) is 15.6 Å². The summed E-state index contributed by atoms with van der Waals surface area (Å²) in [5.74, 6) is 3.82. The molecule has 1 atom stereocenters. The maximum absolute atomic E-state index is 14.1. The second-order valence-electron chi connectivity index (χ2n) is 4.72. The fraction of sp³-hybridized carbons (Fsp3) is 0.200. The van der Waals surface area contributed by atoms with Crippen LogP contribution in [0.4, 0.5) is 8.78 Å². The lowest BCUT2D eigenvalue weighted by atomic mass is 9.96. The van der Waals surface area contributed by atoms with Gasteiger partial charge in [0.15, 0.2) is 11.6 Å². The van der Waals surface area contributed by atoms with Crippen LogP contribution >= 0.6 is 15.9 Å². The van der Waals surface area contributed by atoms with Crippen LogP contribution in [0.2, 0.25) is 0 Å². The Balaban J connectivity index is 2.55. The molecule has 1 unspecified atom stereocenters. The van der Waals surface area contributed by atoms with E-state index in [1.165, 1.54) is 6.92 Å². The van der Waals surface area contributed by atoms with Crippen molar-refractivity contribution in [3.63, 3.8) is 0 Å². The number of hydrogen-bond acceptors (Lipinski definition) is 2. The first-order valence-electron chi connectivity index (χ1n) is 6.12. The number of hydrazine groups is 1. The van der Waals surface area contributed by atoms with E-state index >= 15 is 0 Å². The van der Waals surface area contributed by atoms with Gasteiger partial charge in [0, 0.05) is 10.0 Å². The zero-order chi connectivity index (χ0) is 14.9. The van der Waals surface area contributed by atoms with Crippen molar-refractivity contribution in [2.24, 2.45) is 5.84 Å². The quantitative estimate of drug-likeness (QED) is 0.656. The Bertz CT molecular complexity index is 644. The Morgan fingerprint density at radius 2 is 1.70 bits per heavy atom. The highest BCUT2D eigenvalue weighted by Gasteiger charge is 2.21. The Labute approximate surface area is 125 Å². The Morgan fingerprint density at radius 1 is 1.05 bits per heavy atom. The van der Waals surface area contributed by atoms with E-state index in [2.05, 4.69) is 21.4 Å². The van der Waals surface area contributed by atoms with Crippen molar-refractivity contribution >= 4 is 15.9 Å². The maximum atomic E-state index is 14.1. The Hall–Kier alpha value is -1.30. The van der Waals surface area contributed by atoms with Crippen LogP contribution < -0.4 is 11.3 Å². The molecule has 3 N–H and O–H groups in total. The van der Waals surface area contributed by atoms with E-state index in [0.29, 0.717) is 0 Å². The van der Waals surface area contributed by atoms with Crippen LogP contribution in [0.5, 0.6) is 0 Å². The number of hydrogen-bond donors (Lipinski definition) is 2. The normalized spacial score (nSPS) is 12.5. The van der Waals surface area contributed by atoms with Crippen molar-refractivity contribution in [2.75, 3.05) is 0 Å². The van der Waals surface area contributed by atoms with Crippen molar-refractivity contribution in [1.29, 1.82) is 0 Å². The number of benzene rings is 2.